The summed E-state index contributed by atoms with van der Waals surface area (Å²) in [6, 6.07) is 2.23. The Bertz CT molecular complexity index is 565. The molecule has 1 N–H and O–H groups in total. The van der Waals surface area contributed by atoms with Crippen molar-refractivity contribution in [2.45, 2.75) is 20.3 Å². The van der Waals surface area contributed by atoms with E-state index in [2.05, 4.69) is 10.4 Å². The number of benzene rings is 1. The Morgan fingerprint density at radius 2 is 1.90 bits per heavy atom. The fourth-order valence-corrected chi connectivity index (χ4v) is 1.77. The first-order valence-electron chi connectivity index (χ1n) is 6.31. The molecule has 1 aromatic heterocycles. The smallest absolute Gasteiger partial charge is 0.264 e. The summed E-state index contributed by atoms with van der Waals surface area (Å²) in [6.07, 6.45) is 0.326. The summed E-state index contributed by atoms with van der Waals surface area (Å²) in [7, 11) is 3.15. The van der Waals surface area contributed by atoms with E-state index in [-0.39, 0.29) is 16.8 Å². The van der Waals surface area contributed by atoms with Crippen molar-refractivity contribution in [3.8, 4) is 11.1 Å². The third kappa shape index (κ3) is 3.31. The van der Waals surface area contributed by atoms with Crippen LogP contribution in [-0.2, 0) is 7.05 Å². The van der Waals surface area contributed by atoms with E-state index >= 15 is 0 Å². The van der Waals surface area contributed by atoms with Crippen molar-refractivity contribution >= 4 is 5.69 Å². The van der Waals surface area contributed by atoms with Crippen molar-refractivity contribution in [2.24, 2.45) is 7.05 Å². The summed E-state index contributed by atoms with van der Waals surface area (Å²) in [5, 5.41) is 6.44. The SMILES string of the molecule is CC.CNc1cc(C(F)F)c(-c2cnn(C)c2)cc1F. The molecule has 0 aliphatic rings. The van der Waals surface area contributed by atoms with Crippen LogP contribution in [0.5, 0.6) is 0 Å². The zero-order valence-corrected chi connectivity index (χ0v) is 11.9. The van der Waals surface area contributed by atoms with E-state index in [1.807, 2.05) is 13.8 Å². The van der Waals surface area contributed by atoms with Gasteiger partial charge in [-0.1, -0.05) is 13.8 Å². The maximum Gasteiger partial charge on any atom is 0.264 e. The van der Waals surface area contributed by atoms with Gasteiger partial charge in [-0.25, -0.2) is 13.2 Å². The minimum Gasteiger partial charge on any atom is -0.386 e. The zero-order valence-electron chi connectivity index (χ0n) is 11.9. The minimum absolute atomic E-state index is 0.0536. The van der Waals surface area contributed by atoms with Crippen molar-refractivity contribution < 1.29 is 13.2 Å². The van der Waals surface area contributed by atoms with E-state index in [9.17, 15) is 13.2 Å². The first kappa shape index (κ1) is 16.1. The summed E-state index contributed by atoms with van der Waals surface area (Å²) in [4.78, 5) is 0. The largest absolute Gasteiger partial charge is 0.386 e. The first-order valence-corrected chi connectivity index (χ1v) is 6.31. The zero-order chi connectivity index (χ0) is 15.3. The van der Waals surface area contributed by atoms with E-state index in [1.165, 1.54) is 17.9 Å². The number of nitrogens with one attached hydrogen (secondary N) is 1. The van der Waals surface area contributed by atoms with Crippen molar-refractivity contribution in [3.63, 3.8) is 0 Å². The van der Waals surface area contributed by atoms with Crippen LogP contribution in [0.4, 0.5) is 18.9 Å². The highest BCUT2D eigenvalue weighted by atomic mass is 19.3. The fourth-order valence-electron chi connectivity index (χ4n) is 1.77. The third-order valence-corrected chi connectivity index (χ3v) is 2.66. The minimum atomic E-state index is -2.67. The Balaban J connectivity index is 0.000000956. The summed E-state index contributed by atoms with van der Waals surface area (Å²) in [5.41, 5.74) is 0.468. The third-order valence-electron chi connectivity index (χ3n) is 2.66. The molecule has 0 unspecified atom stereocenters. The van der Waals surface area contributed by atoms with Crippen LogP contribution in [0.1, 0.15) is 25.8 Å². The Morgan fingerprint density at radius 3 is 2.35 bits per heavy atom. The first-order chi connectivity index (χ1) is 9.52. The molecule has 110 valence electrons. The molecular formula is C14H18F3N3. The number of aromatic nitrogens is 2. The van der Waals surface area contributed by atoms with Gasteiger partial charge in [-0.3, -0.25) is 4.68 Å². The molecule has 20 heavy (non-hydrogen) atoms. The van der Waals surface area contributed by atoms with Gasteiger partial charge in [0.2, 0.25) is 0 Å². The van der Waals surface area contributed by atoms with Crippen molar-refractivity contribution in [1.29, 1.82) is 0 Å². The van der Waals surface area contributed by atoms with Crippen LogP contribution in [0.3, 0.4) is 0 Å². The molecule has 0 radical (unpaired) electrons. The highest BCUT2D eigenvalue weighted by Crippen LogP contribution is 2.34. The Kier molecular flexibility index (Phi) is 5.61. The molecule has 0 atom stereocenters. The van der Waals surface area contributed by atoms with Gasteiger partial charge in [0, 0.05) is 31.4 Å². The van der Waals surface area contributed by atoms with Crippen LogP contribution >= 0.6 is 0 Å². The standard InChI is InChI=1S/C12H12F3N3.C2H6/c1-16-11-4-9(12(14)15)8(3-10(11)13)7-5-17-18(2)6-7;1-2/h3-6,12,16H,1-2H3;1-2H3. The number of rotatable bonds is 3. The molecule has 3 nitrogen and oxygen atoms in total. The number of nitrogens with zero attached hydrogens (tertiary/aromatic N) is 2. The second-order valence-electron chi connectivity index (χ2n) is 3.87. The second-order valence-corrected chi connectivity index (χ2v) is 3.87. The van der Waals surface area contributed by atoms with Gasteiger partial charge in [-0.2, -0.15) is 5.10 Å². The number of halogens is 3. The average molecular weight is 285 g/mol. The maximum absolute atomic E-state index is 13.7. The number of hydrogen-bond donors (Lipinski definition) is 1. The number of hydrogen-bond acceptors (Lipinski definition) is 2. The molecule has 2 rings (SSSR count). The highest BCUT2D eigenvalue weighted by molar-refractivity contribution is 5.70. The number of anilines is 1. The van der Waals surface area contributed by atoms with Gasteiger partial charge in [0.15, 0.2) is 0 Å². The maximum atomic E-state index is 13.7. The van der Waals surface area contributed by atoms with Gasteiger partial charge in [0.25, 0.3) is 6.43 Å². The van der Waals surface area contributed by atoms with Crippen LogP contribution < -0.4 is 5.32 Å². The predicted molar refractivity (Wildman–Crippen MR) is 74.5 cm³/mol. The molecule has 1 aromatic carbocycles. The fraction of sp³-hybridized carbons (Fsp3) is 0.357. The lowest BCUT2D eigenvalue weighted by Gasteiger charge is -2.11. The van der Waals surface area contributed by atoms with Crippen molar-refractivity contribution in [2.75, 3.05) is 12.4 Å². The van der Waals surface area contributed by atoms with Crippen molar-refractivity contribution in [3.05, 3.63) is 35.9 Å². The van der Waals surface area contributed by atoms with E-state index in [4.69, 9.17) is 0 Å². The molecule has 0 saturated carbocycles. The Labute approximate surface area is 116 Å². The van der Waals surface area contributed by atoms with Crippen LogP contribution in [0.15, 0.2) is 24.5 Å². The highest BCUT2D eigenvalue weighted by Gasteiger charge is 2.18. The van der Waals surface area contributed by atoms with Crippen molar-refractivity contribution in [1.82, 2.24) is 9.78 Å². The quantitative estimate of drug-likeness (QED) is 0.914. The average Bonchev–Trinajstić information content (AvgIpc) is 2.87. The molecule has 0 saturated heterocycles. The predicted octanol–water partition coefficient (Wildman–Crippen LogP) is 4.23. The topological polar surface area (TPSA) is 29.9 Å². The second kappa shape index (κ2) is 6.98. The molecular weight excluding hydrogens is 267 g/mol. The van der Waals surface area contributed by atoms with Gasteiger partial charge in [-0.15, -0.1) is 0 Å². The molecule has 0 amide bonds. The van der Waals surface area contributed by atoms with Gasteiger partial charge < -0.3 is 5.32 Å². The summed E-state index contributed by atoms with van der Waals surface area (Å²) < 4.78 is 41.1. The summed E-state index contributed by atoms with van der Waals surface area (Å²) in [6.45, 7) is 4.00. The Morgan fingerprint density at radius 1 is 1.25 bits per heavy atom. The molecule has 0 bridgehead atoms. The van der Waals surface area contributed by atoms with Crippen LogP contribution in [0.25, 0.3) is 11.1 Å². The molecule has 0 spiro atoms. The van der Waals surface area contributed by atoms with Gasteiger partial charge in [0.05, 0.1) is 11.9 Å². The van der Waals surface area contributed by atoms with Gasteiger partial charge in [0.1, 0.15) is 5.82 Å². The monoisotopic (exact) mass is 285 g/mol. The number of aryl methyl sites for hydroxylation is 1. The van der Waals surface area contributed by atoms with E-state index < -0.39 is 12.2 Å². The van der Waals surface area contributed by atoms with E-state index in [0.717, 1.165) is 12.1 Å². The normalized spacial score (nSPS) is 10.2. The van der Waals surface area contributed by atoms with E-state index in [1.54, 1.807) is 13.2 Å². The van der Waals surface area contributed by atoms with Crippen LogP contribution in [0, 0.1) is 5.82 Å². The lowest BCUT2D eigenvalue weighted by Crippen LogP contribution is -1.98. The summed E-state index contributed by atoms with van der Waals surface area (Å²) >= 11 is 0. The molecule has 0 fully saturated rings. The molecule has 2 aromatic rings. The van der Waals surface area contributed by atoms with Gasteiger partial charge >= 0.3 is 0 Å². The lowest BCUT2D eigenvalue weighted by atomic mass is 10.0. The Hall–Kier alpha value is -1.98. The van der Waals surface area contributed by atoms with Crippen LogP contribution in [0.2, 0.25) is 0 Å². The molecule has 6 heteroatoms. The molecule has 0 aliphatic carbocycles. The van der Waals surface area contributed by atoms with Gasteiger partial charge in [-0.05, 0) is 17.7 Å². The number of alkyl halides is 2. The van der Waals surface area contributed by atoms with E-state index in [0.29, 0.717) is 5.56 Å². The lowest BCUT2D eigenvalue weighted by molar-refractivity contribution is 0.152. The molecule has 1 heterocycles. The molecule has 0 aliphatic heterocycles. The van der Waals surface area contributed by atoms with Crippen LogP contribution in [-0.4, -0.2) is 16.8 Å². The summed E-state index contributed by atoms with van der Waals surface area (Å²) in [5.74, 6) is -0.569.